The van der Waals surface area contributed by atoms with Gasteiger partial charge in [-0.3, -0.25) is 0 Å². The molecule has 0 aliphatic rings. The number of hydrogen-bond acceptors (Lipinski definition) is 2. The van der Waals surface area contributed by atoms with Gasteiger partial charge in [0.05, 0.1) is 12.1 Å². The van der Waals surface area contributed by atoms with Gasteiger partial charge in [-0.2, -0.15) is 5.26 Å². The van der Waals surface area contributed by atoms with E-state index in [0.29, 0.717) is 15.9 Å². The van der Waals surface area contributed by atoms with Gasteiger partial charge >= 0.3 is 0 Å². The smallest absolute Gasteiger partial charge is 0.204 e. The van der Waals surface area contributed by atoms with Gasteiger partial charge in [-0.15, -0.1) is 0 Å². The molecule has 0 amide bonds. The molecule has 1 N–H and O–H groups in total. The number of nitrogens with one attached hydrogen (secondary N) is 1. The van der Waals surface area contributed by atoms with Gasteiger partial charge in [-0.25, -0.2) is 4.85 Å². The zero-order valence-corrected chi connectivity index (χ0v) is 6.27. The first-order chi connectivity index (χ1) is 5.27. The lowest BCUT2D eigenvalue weighted by molar-refractivity contribution is 1.28. The number of nitriles is 1. The molecular weight excluding hydrogens is 158 g/mol. The van der Waals surface area contributed by atoms with Crippen LogP contribution in [0.5, 0.6) is 0 Å². The molecule has 1 rings (SSSR count). The second-order valence-corrected chi connectivity index (χ2v) is 2.23. The summed E-state index contributed by atoms with van der Waals surface area (Å²) in [6, 6.07) is 3.36. The molecule has 0 aliphatic carbocycles. The third-order valence-electron chi connectivity index (χ3n) is 1.14. The molecule has 0 radical (unpaired) electrons. The molecule has 4 heteroatoms. The minimum Gasteiger partial charge on any atom is -0.362 e. The average Bonchev–Trinajstić information content (AvgIpc) is 2.05. The molecule has 0 saturated heterocycles. The Labute approximate surface area is 68.7 Å². The van der Waals surface area contributed by atoms with E-state index < -0.39 is 0 Å². The topological polar surface area (TPSA) is 43.9 Å². The summed E-state index contributed by atoms with van der Waals surface area (Å²) in [6.45, 7) is 6.65. The van der Waals surface area contributed by atoms with Crippen molar-refractivity contribution in [3.63, 3.8) is 0 Å². The Morgan fingerprint density at radius 2 is 2.45 bits per heavy atom. The van der Waals surface area contributed by atoms with E-state index in [1.807, 2.05) is 6.07 Å². The Balaban J connectivity index is 3.41. The van der Waals surface area contributed by atoms with Crippen molar-refractivity contribution in [2.75, 3.05) is 0 Å². The Hall–Kier alpha value is -1.65. The van der Waals surface area contributed by atoms with Crippen LogP contribution in [-0.2, 0) is 0 Å². The van der Waals surface area contributed by atoms with Crippen LogP contribution in [0.3, 0.4) is 0 Å². The minimum atomic E-state index is 0.341. The maximum atomic E-state index is 8.50. The van der Waals surface area contributed by atoms with E-state index in [1.54, 1.807) is 0 Å². The number of nitrogens with zero attached hydrogens (tertiary/aromatic N) is 2. The summed E-state index contributed by atoms with van der Waals surface area (Å²) in [7, 11) is 0. The van der Waals surface area contributed by atoms with Crippen LogP contribution in [-0.4, -0.2) is 4.98 Å². The van der Waals surface area contributed by atoms with E-state index in [0.717, 1.165) is 0 Å². The van der Waals surface area contributed by atoms with Crippen LogP contribution in [0, 0.1) is 22.5 Å². The van der Waals surface area contributed by atoms with Crippen LogP contribution in [0.4, 0.5) is 5.69 Å². The van der Waals surface area contributed by atoms with Crippen molar-refractivity contribution in [2.45, 2.75) is 0 Å². The Bertz CT molecular complexity index is 405. The molecule has 11 heavy (non-hydrogen) atoms. The van der Waals surface area contributed by atoms with E-state index in [-0.39, 0.29) is 0 Å². The third-order valence-corrected chi connectivity index (χ3v) is 1.48. The van der Waals surface area contributed by atoms with Crippen molar-refractivity contribution in [1.29, 1.82) is 5.26 Å². The van der Waals surface area contributed by atoms with E-state index in [4.69, 9.17) is 24.1 Å². The first kappa shape index (κ1) is 7.46. The lowest BCUT2D eigenvalue weighted by Gasteiger charge is -1.89. The molecule has 52 valence electrons. The van der Waals surface area contributed by atoms with Crippen molar-refractivity contribution in [2.24, 2.45) is 0 Å². The van der Waals surface area contributed by atoms with Crippen LogP contribution in [0.15, 0.2) is 12.3 Å². The average molecular weight is 161 g/mol. The summed E-state index contributed by atoms with van der Waals surface area (Å²) in [4.78, 5) is 5.79. The third kappa shape index (κ3) is 1.43. The van der Waals surface area contributed by atoms with Crippen LogP contribution in [0.2, 0.25) is 0 Å². The molecule has 0 aliphatic heterocycles. The zero-order valence-electron chi connectivity index (χ0n) is 5.46. The van der Waals surface area contributed by atoms with Crippen molar-refractivity contribution >= 4 is 17.9 Å². The van der Waals surface area contributed by atoms with Gasteiger partial charge < -0.3 is 4.98 Å². The molecule has 1 aromatic rings. The molecule has 0 unspecified atom stereocenters. The predicted octanol–water partition coefficient (Wildman–Crippen LogP) is 2.17. The van der Waals surface area contributed by atoms with Crippen LogP contribution in [0.1, 0.15) is 5.56 Å². The minimum absolute atomic E-state index is 0.341. The number of hydrogen-bond donors (Lipinski definition) is 1. The molecule has 0 bridgehead atoms. The van der Waals surface area contributed by atoms with Crippen molar-refractivity contribution in [3.05, 3.63) is 33.9 Å². The van der Waals surface area contributed by atoms with E-state index in [1.165, 1.54) is 12.3 Å². The number of pyridine rings is 1. The Kier molecular flexibility index (Phi) is 2.00. The molecule has 0 fully saturated rings. The Morgan fingerprint density at radius 3 is 3.00 bits per heavy atom. The largest absolute Gasteiger partial charge is 0.362 e. The molecule has 0 aromatic carbocycles. The number of H-pyrrole nitrogens is 1. The standard InChI is InChI=1S/C7H3N3S/c1-9-6-2-5(3-8)7(11)10-4-6/h2,4H,(H,10,11). The molecule has 1 heterocycles. The fraction of sp³-hybridized carbons (Fsp3) is 0. The summed E-state index contributed by atoms with van der Waals surface area (Å²) in [6.07, 6.45) is 1.48. The number of aromatic amines is 1. The van der Waals surface area contributed by atoms with Gasteiger partial charge in [0.1, 0.15) is 10.7 Å². The summed E-state index contributed by atoms with van der Waals surface area (Å²) < 4.78 is 0.375. The second kappa shape index (κ2) is 2.96. The summed E-state index contributed by atoms with van der Waals surface area (Å²) >= 11 is 4.78. The second-order valence-electron chi connectivity index (χ2n) is 1.82. The normalized spacial score (nSPS) is 8.18. The highest BCUT2D eigenvalue weighted by Crippen LogP contribution is 2.11. The van der Waals surface area contributed by atoms with Gasteiger partial charge in [-0.1, -0.05) is 12.2 Å². The molecular formula is C7H3N3S. The van der Waals surface area contributed by atoms with Crippen LogP contribution < -0.4 is 0 Å². The van der Waals surface area contributed by atoms with Gasteiger partial charge in [-0.05, 0) is 6.07 Å². The summed E-state index contributed by atoms with van der Waals surface area (Å²) in [5.41, 5.74) is 0.739. The van der Waals surface area contributed by atoms with Gasteiger partial charge in [0, 0.05) is 6.20 Å². The monoisotopic (exact) mass is 161 g/mol. The highest BCUT2D eigenvalue weighted by Gasteiger charge is 1.95. The van der Waals surface area contributed by atoms with Gasteiger partial charge in [0.25, 0.3) is 0 Å². The first-order valence-corrected chi connectivity index (χ1v) is 3.19. The number of aromatic nitrogens is 1. The SMILES string of the molecule is [C-]#[N+]c1c[nH]c(=S)c(C#N)c1. The lowest BCUT2D eigenvalue weighted by atomic mass is 10.3. The van der Waals surface area contributed by atoms with E-state index >= 15 is 0 Å². The highest BCUT2D eigenvalue weighted by atomic mass is 32.1. The van der Waals surface area contributed by atoms with Crippen molar-refractivity contribution < 1.29 is 0 Å². The maximum Gasteiger partial charge on any atom is 0.204 e. The maximum absolute atomic E-state index is 8.50. The molecule has 3 nitrogen and oxygen atoms in total. The fourth-order valence-electron chi connectivity index (χ4n) is 0.620. The quantitative estimate of drug-likeness (QED) is 0.468. The van der Waals surface area contributed by atoms with Crippen LogP contribution >= 0.6 is 12.2 Å². The van der Waals surface area contributed by atoms with Crippen molar-refractivity contribution in [3.8, 4) is 6.07 Å². The van der Waals surface area contributed by atoms with Gasteiger partial charge in [0.15, 0.2) is 0 Å². The summed E-state index contributed by atoms with van der Waals surface area (Å²) in [5, 5.41) is 8.50. The first-order valence-electron chi connectivity index (χ1n) is 2.78. The molecule has 0 spiro atoms. The van der Waals surface area contributed by atoms with E-state index in [9.17, 15) is 0 Å². The summed E-state index contributed by atoms with van der Waals surface area (Å²) in [5.74, 6) is 0. The van der Waals surface area contributed by atoms with Crippen LogP contribution in [0.25, 0.3) is 4.85 Å². The fourth-order valence-corrected chi connectivity index (χ4v) is 0.783. The Morgan fingerprint density at radius 1 is 1.73 bits per heavy atom. The molecule has 0 atom stereocenters. The zero-order chi connectivity index (χ0) is 8.27. The lowest BCUT2D eigenvalue weighted by Crippen LogP contribution is -1.78. The van der Waals surface area contributed by atoms with Crippen molar-refractivity contribution in [1.82, 2.24) is 4.98 Å². The molecule has 0 saturated carbocycles. The molecule has 1 aromatic heterocycles. The highest BCUT2D eigenvalue weighted by molar-refractivity contribution is 7.71. The number of rotatable bonds is 0. The van der Waals surface area contributed by atoms with Gasteiger partial charge in [0.2, 0.25) is 5.69 Å². The predicted molar refractivity (Wildman–Crippen MR) is 42.6 cm³/mol. The van der Waals surface area contributed by atoms with E-state index in [2.05, 4.69) is 9.83 Å².